The van der Waals surface area contributed by atoms with Crippen LogP contribution in [-0.2, 0) is 0 Å². The van der Waals surface area contributed by atoms with E-state index in [1.807, 2.05) is 24.3 Å². The summed E-state index contributed by atoms with van der Waals surface area (Å²) in [5.41, 5.74) is 3.53. The molecule has 0 radical (unpaired) electrons. The minimum absolute atomic E-state index is 0.261. The number of aromatic carboxylic acids is 1. The van der Waals surface area contributed by atoms with E-state index in [-0.39, 0.29) is 5.56 Å². The molecule has 4 heteroatoms. The van der Waals surface area contributed by atoms with E-state index in [2.05, 4.69) is 12.1 Å². The van der Waals surface area contributed by atoms with Crippen molar-refractivity contribution in [3.63, 3.8) is 0 Å². The molecule has 0 atom stereocenters. The van der Waals surface area contributed by atoms with E-state index in [0.717, 1.165) is 27.3 Å². The number of carboxylic acid groups (broad SMARTS) is 1. The summed E-state index contributed by atoms with van der Waals surface area (Å²) in [6.07, 6.45) is 2.05. The lowest BCUT2D eigenvalue weighted by Crippen LogP contribution is -2.03. The first kappa shape index (κ1) is 13.5. The molecule has 0 saturated heterocycles. The van der Waals surface area contributed by atoms with Crippen molar-refractivity contribution in [1.29, 1.82) is 5.26 Å². The number of fused-ring (bicyclic) bond motifs is 1. The molecule has 2 aromatic carbocycles. The zero-order valence-electron chi connectivity index (χ0n) is 11.0. The van der Waals surface area contributed by atoms with Crippen LogP contribution < -0.4 is 0 Å². The Morgan fingerprint density at radius 2 is 2.00 bits per heavy atom. The van der Waals surface area contributed by atoms with Gasteiger partial charge < -0.3 is 5.11 Å². The maximum atomic E-state index is 11.2. The van der Waals surface area contributed by atoms with E-state index in [4.69, 9.17) is 5.11 Å². The van der Waals surface area contributed by atoms with E-state index in [1.165, 1.54) is 0 Å². The zero-order valence-corrected chi connectivity index (χ0v) is 11.9. The van der Waals surface area contributed by atoms with Gasteiger partial charge in [-0.05, 0) is 41.0 Å². The van der Waals surface area contributed by atoms with Crippen LogP contribution in [0.2, 0.25) is 0 Å². The second kappa shape index (κ2) is 5.47. The van der Waals surface area contributed by atoms with Gasteiger partial charge in [0.2, 0.25) is 0 Å². The average Bonchev–Trinajstić information content (AvgIpc) is 2.53. The third-order valence-electron chi connectivity index (χ3n) is 3.38. The van der Waals surface area contributed by atoms with E-state index in [9.17, 15) is 10.1 Å². The molecule has 1 aliphatic heterocycles. The highest BCUT2D eigenvalue weighted by Crippen LogP contribution is 2.38. The largest absolute Gasteiger partial charge is 0.478 e. The molecular weight excluding hydrogens is 282 g/mol. The fraction of sp³-hybridized carbons (Fsp3) is 0.0588. The van der Waals surface area contributed by atoms with Crippen molar-refractivity contribution in [1.82, 2.24) is 0 Å². The molecule has 0 saturated carbocycles. The number of carboxylic acids is 1. The molecule has 21 heavy (non-hydrogen) atoms. The first-order valence-electron chi connectivity index (χ1n) is 6.41. The number of benzene rings is 2. The highest BCUT2D eigenvalue weighted by Gasteiger charge is 2.18. The normalized spacial score (nSPS) is 13.0. The van der Waals surface area contributed by atoms with E-state index >= 15 is 0 Å². The van der Waals surface area contributed by atoms with Crippen LogP contribution in [0.3, 0.4) is 0 Å². The monoisotopic (exact) mass is 293 g/mol. The SMILES string of the molecule is N#Cc1ccccc1C1=CCSc2ccc(C(=O)O)cc21. The van der Waals surface area contributed by atoms with Gasteiger partial charge in [-0.25, -0.2) is 4.79 Å². The molecule has 0 unspecified atom stereocenters. The molecule has 0 aromatic heterocycles. The molecule has 2 aromatic rings. The van der Waals surface area contributed by atoms with Crippen LogP contribution in [0.15, 0.2) is 53.4 Å². The summed E-state index contributed by atoms with van der Waals surface area (Å²) >= 11 is 1.67. The maximum Gasteiger partial charge on any atom is 0.335 e. The van der Waals surface area contributed by atoms with E-state index in [1.54, 1.807) is 30.0 Å². The third-order valence-corrected chi connectivity index (χ3v) is 4.38. The van der Waals surface area contributed by atoms with E-state index in [0.29, 0.717) is 5.56 Å². The topological polar surface area (TPSA) is 61.1 Å². The van der Waals surface area contributed by atoms with Crippen molar-refractivity contribution in [2.24, 2.45) is 0 Å². The molecule has 0 fully saturated rings. The molecule has 0 bridgehead atoms. The van der Waals surface area contributed by atoms with Gasteiger partial charge in [-0.1, -0.05) is 24.3 Å². The predicted molar refractivity (Wildman–Crippen MR) is 82.4 cm³/mol. The number of rotatable bonds is 2. The lowest BCUT2D eigenvalue weighted by Gasteiger charge is -2.19. The second-order valence-electron chi connectivity index (χ2n) is 4.60. The second-order valence-corrected chi connectivity index (χ2v) is 5.66. The Kier molecular flexibility index (Phi) is 3.51. The van der Waals surface area contributed by atoms with Gasteiger partial charge in [-0.3, -0.25) is 0 Å². The summed E-state index contributed by atoms with van der Waals surface area (Å²) in [6.45, 7) is 0. The minimum atomic E-state index is -0.943. The number of carbonyl (C=O) groups is 1. The molecular formula is C17H11NO2S. The van der Waals surface area contributed by atoms with Crippen molar-refractivity contribution in [2.45, 2.75) is 4.90 Å². The first-order valence-corrected chi connectivity index (χ1v) is 7.39. The quantitative estimate of drug-likeness (QED) is 0.915. The van der Waals surface area contributed by atoms with Gasteiger partial charge in [0, 0.05) is 10.6 Å². The summed E-state index contributed by atoms with van der Waals surface area (Å²) in [4.78, 5) is 12.2. The molecule has 0 aliphatic carbocycles. The highest BCUT2D eigenvalue weighted by atomic mass is 32.2. The summed E-state index contributed by atoms with van der Waals surface area (Å²) in [5, 5.41) is 18.4. The Morgan fingerprint density at radius 3 is 2.76 bits per heavy atom. The van der Waals surface area contributed by atoms with Gasteiger partial charge in [0.15, 0.2) is 0 Å². The number of hydrogen-bond acceptors (Lipinski definition) is 3. The van der Waals surface area contributed by atoms with Gasteiger partial charge >= 0.3 is 5.97 Å². The van der Waals surface area contributed by atoms with Gasteiger partial charge in [0.25, 0.3) is 0 Å². The summed E-state index contributed by atoms with van der Waals surface area (Å²) in [6, 6.07) is 14.7. The Balaban J connectivity index is 2.19. The Hall–Kier alpha value is -2.51. The van der Waals surface area contributed by atoms with Crippen LogP contribution in [0.4, 0.5) is 0 Å². The third kappa shape index (κ3) is 2.44. The van der Waals surface area contributed by atoms with Crippen molar-refractivity contribution < 1.29 is 9.90 Å². The molecule has 3 nitrogen and oxygen atoms in total. The lowest BCUT2D eigenvalue weighted by molar-refractivity contribution is 0.0697. The number of hydrogen-bond donors (Lipinski definition) is 1. The fourth-order valence-electron chi connectivity index (χ4n) is 2.39. The Morgan fingerprint density at radius 1 is 1.19 bits per heavy atom. The van der Waals surface area contributed by atoms with Gasteiger partial charge in [-0.15, -0.1) is 11.8 Å². The predicted octanol–water partition coefficient (Wildman–Crippen LogP) is 3.79. The van der Waals surface area contributed by atoms with Gasteiger partial charge in [0.1, 0.15) is 0 Å². The smallest absolute Gasteiger partial charge is 0.335 e. The summed E-state index contributed by atoms with van der Waals surface area (Å²) < 4.78 is 0. The molecule has 1 aliphatic rings. The Bertz CT molecular complexity index is 803. The molecule has 1 N–H and O–H groups in total. The van der Waals surface area contributed by atoms with Gasteiger partial charge in [-0.2, -0.15) is 5.26 Å². The fourth-order valence-corrected chi connectivity index (χ4v) is 3.31. The summed E-state index contributed by atoms with van der Waals surface area (Å²) in [7, 11) is 0. The summed E-state index contributed by atoms with van der Waals surface area (Å²) in [5.74, 6) is -0.129. The zero-order chi connectivity index (χ0) is 14.8. The highest BCUT2D eigenvalue weighted by molar-refractivity contribution is 7.99. The van der Waals surface area contributed by atoms with Crippen molar-refractivity contribution >= 4 is 23.3 Å². The van der Waals surface area contributed by atoms with Crippen LogP contribution in [0, 0.1) is 11.3 Å². The Labute approximate surface area is 126 Å². The van der Waals surface area contributed by atoms with Crippen LogP contribution >= 0.6 is 11.8 Å². The molecule has 0 amide bonds. The minimum Gasteiger partial charge on any atom is -0.478 e. The van der Waals surface area contributed by atoms with Crippen LogP contribution in [-0.4, -0.2) is 16.8 Å². The molecule has 3 rings (SSSR count). The lowest BCUT2D eigenvalue weighted by atomic mass is 9.93. The number of nitriles is 1. The average molecular weight is 293 g/mol. The number of nitrogens with zero attached hydrogens (tertiary/aromatic N) is 1. The van der Waals surface area contributed by atoms with E-state index < -0.39 is 5.97 Å². The molecule has 0 spiro atoms. The standard InChI is InChI=1S/C17H11NO2S/c18-10-12-3-1-2-4-13(12)14-7-8-21-16-6-5-11(17(19)20)9-15(14)16/h1-7,9H,8H2,(H,19,20). The van der Waals surface area contributed by atoms with Crippen LogP contribution in [0.25, 0.3) is 5.57 Å². The van der Waals surface area contributed by atoms with Crippen LogP contribution in [0.1, 0.15) is 27.0 Å². The van der Waals surface area contributed by atoms with Crippen LogP contribution in [0.5, 0.6) is 0 Å². The molecule has 1 heterocycles. The van der Waals surface area contributed by atoms with Crippen molar-refractivity contribution in [3.05, 3.63) is 70.8 Å². The van der Waals surface area contributed by atoms with Gasteiger partial charge in [0.05, 0.1) is 17.2 Å². The molecule has 102 valence electrons. The number of thioether (sulfide) groups is 1. The first-order chi connectivity index (χ1) is 10.2. The maximum absolute atomic E-state index is 11.2. The van der Waals surface area contributed by atoms with Crippen molar-refractivity contribution in [3.8, 4) is 6.07 Å². The van der Waals surface area contributed by atoms with Crippen molar-refractivity contribution in [2.75, 3.05) is 5.75 Å².